The van der Waals surface area contributed by atoms with Crippen LogP contribution in [0.25, 0.3) is 17.3 Å². The third kappa shape index (κ3) is 5.28. The highest BCUT2D eigenvalue weighted by Crippen LogP contribution is 2.34. The Bertz CT molecular complexity index is 1560. The second-order valence-electron chi connectivity index (χ2n) is 7.76. The lowest BCUT2D eigenvalue weighted by atomic mass is 10.1. The van der Waals surface area contributed by atoms with Gasteiger partial charge in [0.05, 0.1) is 31.4 Å². The Balaban J connectivity index is 1.85. The summed E-state index contributed by atoms with van der Waals surface area (Å²) in [4.78, 5) is -0.347. The lowest BCUT2D eigenvalue weighted by Crippen LogP contribution is -2.03. The molecule has 0 aliphatic carbocycles. The van der Waals surface area contributed by atoms with Gasteiger partial charge >= 0.3 is 0 Å². The van der Waals surface area contributed by atoms with E-state index in [0.29, 0.717) is 39.9 Å². The zero-order valence-electron chi connectivity index (χ0n) is 19.6. The number of halogens is 1. The van der Waals surface area contributed by atoms with Crippen LogP contribution in [0.15, 0.2) is 88.8 Å². The van der Waals surface area contributed by atoms with Crippen molar-refractivity contribution in [3.05, 3.63) is 100 Å². The normalized spacial score (nSPS) is 11.7. The molecule has 4 aromatic rings. The first-order valence-electron chi connectivity index (χ1n) is 10.8. The van der Waals surface area contributed by atoms with Gasteiger partial charge in [0.15, 0.2) is 11.5 Å². The van der Waals surface area contributed by atoms with Crippen LogP contribution in [-0.4, -0.2) is 32.4 Å². The highest BCUT2D eigenvalue weighted by atomic mass is 35.5. The zero-order chi connectivity index (χ0) is 25.7. The van der Waals surface area contributed by atoms with Gasteiger partial charge in [0, 0.05) is 22.3 Å². The van der Waals surface area contributed by atoms with E-state index in [2.05, 4.69) is 0 Å². The number of nitrogens with zero attached hydrogens (tertiary/aromatic N) is 3. The summed E-state index contributed by atoms with van der Waals surface area (Å²) in [5.74, 6) is 1.04. The van der Waals surface area contributed by atoms with E-state index in [-0.39, 0.29) is 9.80 Å². The quantitative estimate of drug-likeness (QED) is 0.281. The molecular formula is C27H22ClN3O4S. The minimum atomic E-state index is -4.02. The van der Waals surface area contributed by atoms with Crippen molar-refractivity contribution in [2.75, 3.05) is 14.2 Å². The molecule has 3 aromatic carbocycles. The fourth-order valence-corrected chi connectivity index (χ4v) is 4.94. The molecule has 0 saturated carbocycles. The van der Waals surface area contributed by atoms with Gasteiger partial charge in [0.1, 0.15) is 11.0 Å². The van der Waals surface area contributed by atoms with Crippen LogP contribution in [0.1, 0.15) is 11.1 Å². The molecule has 0 saturated heterocycles. The molecular weight excluding hydrogens is 498 g/mol. The van der Waals surface area contributed by atoms with E-state index >= 15 is 0 Å². The molecule has 1 aromatic heterocycles. The van der Waals surface area contributed by atoms with E-state index in [1.807, 2.05) is 18.2 Å². The van der Waals surface area contributed by atoms with Gasteiger partial charge in [-0.1, -0.05) is 41.9 Å². The van der Waals surface area contributed by atoms with Crippen molar-refractivity contribution in [1.82, 2.24) is 9.78 Å². The fourth-order valence-electron chi connectivity index (χ4n) is 3.65. The van der Waals surface area contributed by atoms with Gasteiger partial charge in [-0.2, -0.15) is 10.4 Å². The SMILES string of the molecule is COc1ccc(-c2nn(Cc3ccc(Cl)cc3)cc2/C=C(\C#N)S(=O)(=O)c2ccccc2)cc1OC. The minimum absolute atomic E-state index is 0.0408. The van der Waals surface area contributed by atoms with E-state index in [9.17, 15) is 13.7 Å². The molecule has 182 valence electrons. The van der Waals surface area contributed by atoms with Gasteiger partial charge in [0.2, 0.25) is 9.84 Å². The van der Waals surface area contributed by atoms with Crippen molar-refractivity contribution in [1.29, 1.82) is 5.26 Å². The average molecular weight is 520 g/mol. The summed E-state index contributed by atoms with van der Waals surface area (Å²) in [6.45, 7) is 0.415. The van der Waals surface area contributed by atoms with Gasteiger partial charge in [-0.25, -0.2) is 8.42 Å². The number of benzene rings is 3. The van der Waals surface area contributed by atoms with Gasteiger partial charge in [-0.05, 0) is 54.1 Å². The van der Waals surface area contributed by atoms with Gasteiger partial charge < -0.3 is 9.47 Å². The van der Waals surface area contributed by atoms with Crippen LogP contribution in [0.2, 0.25) is 5.02 Å². The number of rotatable bonds is 8. The fraction of sp³-hybridized carbons (Fsp3) is 0.111. The molecule has 0 N–H and O–H groups in total. The molecule has 0 amide bonds. The first-order valence-corrected chi connectivity index (χ1v) is 12.7. The largest absolute Gasteiger partial charge is 0.493 e. The first-order chi connectivity index (χ1) is 17.3. The standard InChI is InChI=1S/C27H22ClN3O4S/c1-34-25-13-10-20(15-26(25)35-2)27-21(18-31(30-27)17-19-8-11-22(28)12-9-19)14-24(16-29)36(32,33)23-6-4-3-5-7-23/h3-15,18H,17H2,1-2H3/b24-14+. The number of hydrogen-bond donors (Lipinski definition) is 0. The summed E-state index contributed by atoms with van der Waals surface area (Å²) < 4.78 is 38.8. The summed E-state index contributed by atoms with van der Waals surface area (Å²) in [5.41, 5.74) is 2.57. The monoisotopic (exact) mass is 519 g/mol. The summed E-state index contributed by atoms with van der Waals surface area (Å²) in [7, 11) is -0.951. The number of allylic oxidation sites excluding steroid dienone is 1. The molecule has 0 spiro atoms. The smallest absolute Gasteiger partial charge is 0.216 e. The molecule has 9 heteroatoms. The van der Waals surface area contributed by atoms with E-state index in [4.69, 9.17) is 26.2 Å². The third-order valence-electron chi connectivity index (χ3n) is 5.44. The van der Waals surface area contributed by atoms with E-state index < -0.39 is 9.84 Å². The van der Waals surface area contributed by atoms with Crippen LogP contribution in [0.4, 0.5) is 0 Å². The van der Waals surface area contributed by atoms with Crippen molar-refractivity contribution in [2.45, 2.75) is 11.4 Å². The molecule has 0 bridgehead atoms. The first kappa shape index (κ1) is 25.0. The maximum absolute atomic E-state index is 13.2. The third-order valence-corrected chi connectivity index (χ3v) is 7.38. The van der Waals surface area contributed by atoms with Crippen molar-refractivity contribution in [3.63, 3.8) is 0 Å². The van der Waals surface area contributed by atoms with E-state index in [1.54, 1.807) is 66.5 Å². The summed E-state index contributed by atoms with van der Waals surface area (Å²) in [5, 5.41) is 15.1. The Morgan fingerprint density at radius 1 is 1.03 bits per heavy atom. The summed E-state index contributed by atoms with van der Waals surface area (Å²) in [6.07, 6.45) is 3.05. The number of methoxy groups -OCH3 is 2. The Morgan fingerprint density at radius 2 is 1.72 bits per heavy atom. The van der Waals surface area contributed by atoms with Crippen LogP contribution >= 0.6 is 11.6 Å². The second-order valence-corrected chi connectivity index (χ2v) is 10.1. The molecule has 0 atom stereocenters. The van der Waals surface area contributed by atoms with Crippen molar-refractivity contribution in [2.24, 2.45) is 0 Å². The Labute approximate surface area is 214 Å². The van der Waals surface area contributed by atoms with Crippen LogP contribution in [0, 0.1) is 11.3 Å². The summed E-state index contributed by atoms with van der Waals surface area (Å²) in [6, 6.07) is 22.3. The number of ether oxygens (including phenoxy) is 2. The Hall–Kier alpha value is -4.06. The maximum atomic E-state index is 13.2. The van der Waals surface area contributed by atoms with Gasteiger partial charge in [-0.15, -0.1) is 0 Å². The topological polar surface area (TPSA) is 94.2 Å². The van der Waals surface area contributed by atoms with Crippen molar-refractivity contribution in [3.8, 4) is 28.8 Å². The van der Waals surface area contributed by atoms with Gasteiger partial charge in [0.25, 0.3) is 0 Å². The van der Waals surface area contributed by atoms with Crippen LogP contribution in [0.3, 0.4) is 0 Å². The second kappa shape index (κ2) is 10.7. The molecule has 0 unspecified atom stereocenters. The summed E-state index contributed by atoms with van der Waals surface area (Å²) >= 11 is 6.00. The van der Waals surface area contributed by atoms with Crippen LogP contribution in [0.5, 0.6) is 11.5 Å². The Morgan fingerprint density at radius 3 is 2.36 bits per heavy atom. The molecule has 0 aliphatic heterocycles. The molecule has 4 rings (SSSR count). The number of hydrogen-bond acceptors (Lipinski definition) is 6. The van der Waals surface area contributed by atoms with Crippen LogP contribution in [-0.2, 0) is 16.4 Å². The molecule has 7 nitrogen and oxygen atoms in total. The molecule has 1 heterocycles. The van der Waals surface area contributed by atoms with Gasteiger partial charge in [-0.3, -0.25) is 4.68 Å². The van der Waals surface area contributed by atoms with Crippen molar-refractivity contribution < 1.29 is 17.9 Å². The number of aromatic nitrogens is 2. The van der Waals surface area contributed by atoms with Crippen molar-refractivity contribution >= 4 is 27.5 Å². The maximum Gasteiger partial charge on any atom is 0.216 e. The predicted octanol–water partition coefficient (Wildman–Crippen LogP) is 5.61. The minimum Gasteiger partial charge on any atom is -0.493 e. The number of sulfone groups is 1. The van der Waals surface area contributed by atoms with E-state index in [0.717, 1.165) is 5.56 Å². The number of nitriles is 1. The van der Waals surface area contributed by atoms with Crippen LogP contribution < -0.4 is 9.47 Å². The molecule has 36 heavy (non-hydrogen) atoms. The molecule has 0 fully saturated rings. The predicted molar refractivity (Wildman–Crippen MR) is 139 cm³/mol. The Kier molecular flexibility index (Phi) is 7.44. The average Bonchev–Trinajstić information content (AvgIpc) is 3.30. The molecule has 0 aliphatic rings. The molecule has 0 radical (unpaired) electrons. The highest BCUT2D eigenvalue weighted by molar-refractivity contribution is 7.95. The lowest BCUT2D eigenvalue weighted by Gasteiger charge is -2.09. The highest BCUT2D eigenvalue weighted by Gasteiger charge is 2.22. The van der Waals surface area contributed by atoms with E-state index in [1.165, 1.54) is 25.3 Å². The lowest BCUT2D eigenvalue weighted by molar-refractivity contribution is 0.355. The zero-order valence-corrected chi connectivity index (χ0v) is 21.1.